The van der Waals surface area contributed by atoms with Crippen LogP contribution < -0.4 is 5.32 Å². The van der Waals surface area contributed by atoms with Crippen LogP contribution in [0.25, 0.3) is 11.1 Å². The SMILES string of the molecule is O=C(NC(Cc1ccc[nH]1)C(=O)N1CCC[C@H]1C(=O)O)OCC1c2ccccc2-c2ccccc21. The molecular weight excluding hydrogens is 446 g/mol. The highest BCUT2D eigenvalue weighted by Gasteiger charge is 2.38. The van der Waals surface area contributed by atoms with Crippen molar-refractivity contribution in [1.82, 2.24) is 15.2 Å². The van der Waals surface area contributed by atoms with Gasteiger partial charge in [-0.1, -0.05) is 48.5 Å². The van der Waals surface area contributed by atoms with Crippen LogP contribution in [0.15, 0.2) is 66.9 Å². The van der Waals surface area contributed by atoms with E-state index >= 15 is 0 Å². The predicted molar refractivity (Wildman–Crippen MR) is 129 cm³/mol. The van der Waals surface area contributed by atoms with Crippen molar-refractivity contribution in [1.29, 1.82) is 0 Å². The van der Waals surface area contributed by atoms with Crippen LogP contribution in [0, 0.1) is 0 Å². The van der Waals surface area contributed by atoms with Crippen molar-refractivity contribution in [2.75, 3.05) is 13.2 Å². The van der Waals surface area contributed by atoms with E-state index < -0.39 is 30.1 Å². The molecule has 35 heavy (non-hydrogen) atoms. The van der Waals surface area contributed by atoms with Crippen molar-refractivity contribution in [3.8, 4) is 11.1 Å². The molecule has 3 N–H and O–H groups in total. The number of rotatable bonds is 7. The number of carboxylic acids is 1. The van der Waals surface area contributed by atoms with Gasteiger partial charge in [0.15, 0.2) is 0 Å². The number of carbonyl (C=O) groups is 3. The van der Waals surface area contributed by atoms with Crippen LogP contribution in [-0.4, -0.2) is 58.2 Å². The van der Waals surface area contributed by atoms with Gasteiger partial charge in [0, 0.05) is 30.8 Å². The van der Waals surface area contributed by atoms with Crippen molar-refractivity contribution >= 4 is 18.0 Å². The first-order valence-electron chi connectivity index (χ1n) is 11.8. The van der Waals surface area contributed by atoms with E-state index in [4.69, 9.17) is 4.74 Å². The van der Waals surface area contributed by atoms with Crippen LogP contribution in [0.1, 0.15) is 35.6 Å². The number of alkyl carbamates (subject to hydrolysis) is 1. The first-order chi connectivity index (χ1) is 17.0. The summed E-state index contributed by atoms with van der Waals surface area (Å²) in [5.41, 5.74) is 5.22. The molecule has 0 saturated carbocycles. The molecule has 2 aromatic carbocycles. The van der Waals surface area contributed by atoms with Crippen molar-refractivity contribution in [2.45, 2.75) is 37.3 Å². The number of fused-ring (bicyclic) bond motifs is 3. The number of carboxylic acid groups (broad SMARTS) is 1. The lowest BCUT2D eigenvalue weighted by Gasteiger charge is -2.27. The van der Waals surface area contributed by atoms with Gasteiger partial charge in [-0.25, -0.2) is 9.59 Å². The van der Waals surface area contributed by atoms with E-state index in [-0.39, 0.29) is 18.9 Å². The molecule has 0 spiro atoms. The van der Waals surface area contributed by atoms with Crippen LogP contribution in [0.5, 0.6) is 0 Å². The lowest BCUT2D eigenvalue weighted by Crippen LogP contribution is -2.52. The first-order valence-corrected chi connectivity index (χ1v) is 11.8. The Hall–Kier alpha value is -4.07. The second-order valence-electron chi connectivity index (χ2n) is 8.95. The monoisotopic (exact) mass is 473 g/mol. The van der Waals surface area contributed by atoms with Gasteiger partial charge < -0.3 is 25.0 Å². The van der Waals surface area contributed by atoms with Gasteiger partial charge in [0.05, 0.1) is 0 Å². The van der Waals surface area contributed by atoms with Crippen LogP contribution in [0.3, 0.4) is 0 Å². The molecule has 1 aromatic heterocycles. The Labute approximate surface area is 202 Å². The number of carbonyl (C=O) groups excluding carboxylic acids is 2. The molecule has 1 aliphatic heterocycles. The summed E-state index contributed by atoms with van der Waals surface area (Å²) in [4.78, 5) is 42.2. The second-order valence-corrected chi connectivity index (χ2v) is 8.95. The average molecular weight is 474 g/mol. The Morgan fingerprint density at radius 1 is 1.03 bits per heavy atom. The molecule has 0 radical (unpaired) electrons. The number of H-pyrrole nitrogens is 1. The van der Waals surface area contributed by atoms with Crippen LogP contribution in [0.2, 0.25) is 0 Å². The second kappa shape index (κ2) is 9.66. The number of amides is 2. The Kier molecular flexibility index (Phi) is 6.27. The van der Waals surface area contributed by atoms with E-state index in [1.165, 1.54) is 4.90 Å². The van der Waals surface area contributed by atoms with Crippen LogP contribution >= 0.6 is 0 Å². The van der Waals surface area contributed by atoms with E-state index in [0.717, 1.165) is 27.9 Å². The van der Waals surface area contributed by atoms with E-state index in [9.17, 15) is 19.5 Å². The molecule has 8 nitrogen and oxygen atoms in total. The van der Waals surface area contributed by atoms with Crippen molar-refractivity contribution in [3.05, 3.63) is 83.7 Å². The lowest BCUT2D eigenvalue weighted by molar-refractivity contribution is -0.149. The molecule has 1 fully saturated rings. The Morgan fingerprint density at radius 3 is 2.34 bits per heavy atom. The maximum atomic E-state index is 13.3. The smallest absolute Gasteiger partial charge is 0.407 e. The van der Waals surface area contributed by atoms with E-state index in [2.05, 4.69) is 22.4 Å². The Balaban J connectivity index is 1.30. The zero-order valence-corrected chi connectivity index (χ0v) is 19.1. The average Bonchev–Trinajstić information content (AvgIpc) is 3.61. The molecule has 3 aromatic rings. The van der Waals surface area contributed by atoms with Gasteiger partial charge in [-0.2, -0.15) is 0 Å². The van der Waals surface area contributed by atoms with Crippen LogP contribution in [-0.2, 0) is 20.7 Å². The third kappa shape index (κ3) is 4.51. The number of benzene rings is 2. The molecule has 0 bridgehead atoms. The number of nitrogens with zero attached hydrogens (tertiary/aromatic N) is 1. The van der Waals surface area contributed by atoms with Gasteiger partial charge in [0.1, 0.15) is 18.7 Å². The molecular formula is C27H27N3O5. The number of aromatic amines is 1. The number of ether oxygens (including phenoxy) is 1. The summed E-state index contributed by atoms with van der Waals surface area (Å²) < 4.78 is 5.63. The molecule has 2 aliphatic rings. The summed E-state index contributed by atoms with van der Waals surface area (Å²) in [7, 11) is 0. The summed E-state index contributed by atoms with van der Waals surface area (Å²) in [5, 5.41) is 12.2. The maximum Gasteiger partial charge on any atom is 0.407 e. The number of nitrogens with one attached hydrogen (secondary N) is 2. The topological polar surface area (TPSA) is 112 Å². The Bertz CT molecular complexity index is 1190. The summed E-state index contributed by atoms with van der Waals surface area (Å²) in [6, 6.07) is 17.9. The van der Waals surface area contributed by atoms with Crippen molar-refractivity contribution < 1.29 is 24.2 Å². The summed E-state index contributed by atoms with van der Waals surface area (Å²) in [6.07, 6.45) is 2.26. The minimum Gasteiger partial charge on any atom is -0.480 e. The molecule has 5 rings (SSSR count). The van der Waals surface area contributed by atoms with Crippen molar-refractivity contribution in [3.63, 3.8) is 0 Å². The van der Waals surface area contributed by atoms with Gasteiger partial charge in [-0.3, -0.25) is 4.79 Å². The molecule has 1 aliphatic carbocycles. The lowest BCUT2D eigenvalue weighted by atomic mass is 9.98. The van der Waals surface area contributed by atoms with Crippen molar-refractivity contribution in [2.24, 2.45) is 0 Å². The summed E-state index contributed by atoms with van der Waals surface area (Å²) >= 11 is 0. The van der Waals surface area contributed by atoms with Crippen LogP contribution in [0.4, 0.5) is 4.79 Å². The van der Waals surface area contributed by atoms with Gasteiger partial charge >= 0.3 is 12.1 Å². The highest BCUT2D eigenvalue weighted by molar-refractivity contribution is 5.90. The zero-order valence-electron chi connectivity index (χ0n) is 19.1. The minimum absolute atomic E-state index is 0.0966. The van der Waals surface area contributed by atoms with Gasteiger partial charge in [0.25, 0.3) is 0 Å². The Morgan fingerprint density at radius 2 is 1.71 bits per heavy atom. The standard InChI is InChI=1S/C27H27N3O5/c31-25(30-14-6-12-24(30)26(32)33)23(15-17-7-5-13-28-17)29-27(34)35-16-22-20-10-3-1-8-18(20)19-9-2-4-11-21(19)22/h1-5,7-11,13,22-24,28H,6,12,14-16H2,(H,29,34)(H,32,33)/t23?,24-/m0/s1. The number of likely N-dealkylation sites (tertiary alicyclic amines) is 1. The molecule has 1 saturated heterocycles. The first kappa shape index (κ1) is 22.7. The number of hydrogen-bond donors (Lipinski definition) is 3. The van der Waals surface area contributed by atoms with Gasteiger partial charge in [-0.05, 0) is 47.2 Å². The van der Waals surface area contributed by atoms with E-state index in [1.807, 2.05) is 42.5 Å². The van der Waals surface area contributed by atoms with E-state index in [1.54, 1.807) is 12.3 Å². The quantitative estimate of drug-likeness (QED) is 0.486. The summed E-state index contributed by atoms with van der Waals surface area (Å²) in [5.74, 6) is -1.55. The normalized spacial score (nSPS) is 17.5. The highest BCUT2D eigenvalue weighted by Crippen LogP contribution is 2.44. The molecule has 8 heteroatoms. The molecule has 180 valence electrons. The third-order valence-corrected chi connectivity index (χ3v) is 6.84. The van der Waals surface area contributed by atoms with E-state index in [0.29, 0.717) is 19.4 Å². The highest BCUT2D eigenvalue weighted by atomic mass is 16.5. The fourth-order valence-corrected chi connectivity index (χ4v) is 5.18. The largest absolute Gasteiger partial charge is 0.480 e. The molecule has 2 atom stereocenters. The fourth-order valence-electron chi connectivity index (χ4n) is 5.18. The van der Waals surface area contributed by atoms with Gasteiger partial charge in [0.2, 0.25) is 5.91 Å². The van der Waals surface area contributed by atoms with Gasteiger partial charge in [-0.15, -0.1) is 0 Å². The molecule has 2 heterocycles. The zero-order chi connectivity index (χ0) is 24.4. The molecule has 2 amide bonds. The third-order valence-electron chi connectivity index (χ3n) is 6.84. The maximum absolute atomic E-state index is 13.3. The summed E-state index contributed by atoms with van der Waals surface area (Å²) in [6.45, 7) is 0.480. The number of hydrogen-bond acceptors (Lipinski definition) is 4. The minimum atomic E-state index is -1.03. The predicted octanol–water partition coefficient (Wildman–Crippen LogP) is 3.54. The number of aliphatic carboxylic acids is 1. The fraction of sp³-hybridized carbons (Fsp3) is 0.296. The molecule has 1 unspecified atom stereocenters. The number of aromatic nitrogens is 1.